The van der Waals surface area contributed by atoms with Crippen LogP contribution in [0.3, 0.4) is 0 Å². The van der Waals surface area contributed by atoms with Gasteiger partial charge < -0.3 is 4.90 Å². The molecule has 12 aromatic rings. The Morgan fingerprint density at radius 2 is 0.629 bits per heavy atom. The van der Waals surface area contributed by atoms with Gasteiger partial charge in [0.15, 0.2) is 0 Å². The molecule has 0 aromatic heterocycles. The molecule has 328 valence electrons. The highest BCUT2D eigenvalue weighted by Gasteiger charge is 2.46. The molecule has 0 unspecified atom stereocenters. The van der Waals surface area contributed by atoms with Crippen molar-refractivity contribution in [1.29, 1.82) is 0 Å². The standard InChI is InChI=1S/C69H47N/c1-6-21-48(22-7-1)51-37-40-57(41-38-51)70(68-64-36-19-17-34-60(64)59-33-16-18-35-63(59)67(68)54-28-20-27-52(45-54)49-23-8-2-9-24-49)58-42-44-62-61-43-39-53(50-25-10-3-11-26-50)46-65(61)69(66(62)47-58,55-29-12-4-13-30-55)56-31-14-5-15-32-56/h1-47H. The van der Waals surface area contributed by atoms with E-state index in [1.807, 2.05) is 0 Å². The van der Waals surface area contributed by atoms with Gasteiger partial charge in [0.25, 0.3) is 0 Å². The van der Waals surface area contributed by atoms with Crippen LogP contribution in [0.15, 0.2) is 285 Å². The Bertz CT molecular complexity index is 3800. The van der Waals surface area contributed by atoms with Crippen LogP contribution in [0.2, 0.25) is 0 Å². The fraction of sp³-hybridized carbons (Fsp3) is 0.0145. The molecule has 12 aromatic carbocycles. The Morgan fingerprint density at radius 3 is 1.21 bits per heavy atom. The third-order valence-corrected chi connectivity index (χ3v) is 14.5. The lowest BCUT2D eigenvalue weighted by atomic mass is 9.67. The van der Waals surface area contributed by atoms with Gasteiger partial charge in [-0.2, -0.15) is 0 Å². The van der Waals surface area contributed by atoms with Crippen LogP contribution in [0.25, 0.3) is 77.2 Å². The molecule has 0 saturated heterocycles. The van der Waals surface area contributed by atoms with Crippen LogP contribution in [0, 0.1) is 0 Å². The van der Waals surface area contributed by atoms with E-state index < -0.39 is 5.41 Å². The predicted molar refractivity (Wildman–Crippen MR) is 295 cm³/mol. The van der Waals surface area contributed by atoms with E-state index in [-0.39, 0.29) is 0 Å². The third kappa shape index (κ3) is 6.78. The highest BCUT2D eigenvalue weighted by atomic mass is 15.1. The third-order valence-electron chi connectivity index (χ3n) is 14.5. The summed E-state index contributed by atoms with van der Waals surface area (Å²) in [5.41, 5.74) is 19.7. The molecule has 0 heterocycles. The van der Waals surface area contributed by atoms with Crippen LogP contribution < -0.4 is 4.90 Å². The minimum atomic E-state index is -0.630. The molecule has 13 rings (SSSR count). The van der Waals surface area contributed by atoms with Gasteiger partial charge in [0.2, 0.25) is 0 Å². The number of hydrogen-bond donors (Lipinski definition) is 0. The molecule has 1 aliphatic carbocycles. The van der Waals surface area contributed by atoms with Gasteiger partial charge in [-0.15, -0.1) is 0 Å². The van der Waals surface area contributed by atoms with Gasteiger partial charge in [0.1, 0.15) is 0 Å². The Labute approximate surface area is 409 Å². The molecule has 1 aliphatic rings. The number of benzene rings is 12. The summed E-state index contributed by atoms with van der Waals surface area (Å²) in [5, 5.41) is 4.83. The van der Waals surface area contributed by atoms with Crippen molar-refractivity contribution < 1.29 is 0 Å². The lowest BCUT2D eigenvalue weighted by molar-refractivity contribution is 0.768. The monoisotopic (exact) mass is 889 g/mol. The SMILES string of the molecule is c1ccc(-c2ccc(N(c3ccc4c(c3)C(c3ccccc3)(c3ccccc3)c3cc(-c5ccccc5)ccc3-4)c3c(-c4cccc(-c5ccccc5)c4)c4ccccc4c4ccccc34)cc2)cc1. The fourth-order valence-corrected chi connectivity index (χ4v) is 11.4. The van der Waals surface area contributed by atoms with E-state index in [1.165, 1.54) is 93.9 Å². The zero-order valence-electron chi connectivity index (χ0n) is 38.6. The van der Waals surface area contributed by atoms with E-state index in [9.17, 15) is 0 Å². The Hall–Kier alpha value is -9.04. The van der Waals surface area contributed by atoms with Crippen molar-refractivity contribution in [3.63, 3.8) is 0 Å². The predicted octanol–water partition coefficient (Wildman–Crippen LogP) is 18.5. The largest absolute Gasteiger partial charge is 0.309 e. The Morgan fingerprint density at radius 1 is 0.243 bits per heavy atom. The van der Waals surface area contributed by atoms with Crippen LogP contribution in [0.4, 0.5) is 17.1 Å². The molecule has 0 bridgehead atoms. The number of hydrogen-bond acceptors (Lipinski definition) is 1. The fourth-order valence-electron chi connectivity index (χ4n) is 11.4. The Balaban J connectivity index is 1.13. The second-order valence-corrected chi connectivity index (χ2v) is 18.3. The van der Waals surface area contributed by atoms with Crippen LogP contribution in [0.1, 0.15) is 22.3 Å². The summed E-state index contributed by atoms with van der Waals surface area (Å²) in [6.07, 6.45) is 0. The van der Waals surface area contributed by atoms with Gasteiger partial charge in [0.05, 0.1) is 11.1 Å². The van der Waals surface area contributed by atoms with E-state index in [4.69, 9.17) is 0 Å². The van der Waals surface area contributed by atoms with Gasteiger partial charge in [0, 0.05) is 22.3 Å². The van der Waals surface area contributed by atoms with Gasteiger partial charge >= 0.3 is 0 Å². The minimum Gasteiger partial charge on any atom is -0.309 e. The number of rotatable bonds is 9. The van der Waals surface area contributed by atoms with Crippen LogP contribution in [0.5, 0.6) is 0 Å². The van der Waals surface area contributed by atoms with Crippen molar-refractivity contribution in [2.24, 2.45) is 0 Å². The lowest BCUT2D eigenvalue weighted by Crippen LogP contribution is -2.29. The van der Waals surface area contributed by atoms with Gasteiger partial charge in [-0.1, -0.05) is 249 Å². The summed E-state index contributed by atoms with van der Waals surface area (Å²) < 4.78 is 0. The highest BCUT2D eigenvalue weighted by molar-refractivity contribution is 6.22. The molecule has 0 N–H and O–H groups in total. The maximum absolute atomic E-state index is 2.55. The van der Waals surface area contributed by atoms with Gasteiger partial charge in [-0.05, 0) is 125 Å². The van der Waals surface area contributed by atoms with Gasteiger partial charge in [-0.25, -0.2) is 0 Å². The van der Waals surface area contributed by atoms with Crippen molar-refractivity contribution in [2.75, 3.05) is 4.90 Å². The minimum absolute atomic E-state index is 0.630. The van der Waals surface area contributed by atoms with E-state index >= 15 is 0 Å². The average Bonchev–Trinajstić information content (AvgIpc) is 3.74. The molecule has 1 heteroatoms. The highest BCUT2D eigenvalue weighted by Crippen LogP contribution is 2.59. The Kier molecular flexibility index (Phi) is 10.1. The summed E-state index contributed by atoms with van der Waals surface area (Å²) in [6.45, 7) is 0. The maximum Gasteiger partial charge on any atom is 0.0714 e. The zero-order valence-corrected chi connectivity index (χ0v) is 38.6. The van der Waals surface area contributed by atoms with Crippen LogP contribution in [-0.4, -0.2) is 0 Å². The number of anilines is 3. The van der Waals surface area contributed by atoms with Crippen LogP contribution in [-0.2, 0) is 5.41 Å². The van der Waals surface area contributed by atoms with E-state index in [0.717, 1.165) is 22.6 Å². The molecule has 1 nitrogen and oxygen atoms in total. The molecule has 0 spiro atoms. The molecule has 0 amide bonds. The topological polar surface area (TPSA) is 3.24 Å². The first-order valence-corrected chi connectivity index (χ1v) is 24.2. The zero-order chi connectivity index (χ0) is 46.4. The second kappa shape index (κ2) is 17.2. The molecule has 0 aliphatic heterocycles. The first-order chi connectivity index (χ1) is 34.7. The quantitative estimate of drug-likeness (QED) is 0.131. The first-order valence-electron chi connectivity index (χ1n) is 24.2. The van der Waals surface area contributed by atoms with Gasteiger partial charge in [-0.3, -0.25) is 0 Å². The normalized spacial score (nSPS) is 12.4. The molecule has 70 heavy (non-hydrogen) atoms. The summed E-state index contributed by atoms with van der Waals surface area (Å²) in [4.78, 5) is 2.55. The van der Waals surface area contributed by atoms with E-state index in [2.05, 4.69) is 290 Å². The van der Waals surface area contributed by atoms with E-state index in [1.54, 1.807) is 0 Å². The van der Waals surface area contributed by atoms with Crippen molar-refractivity contribution in [2.45, 2.75) is 5.41 Å². The molecule has 0 saturated carbocycles. The lowest BCUT2D eigenvalue weighted by Gasteiger charge is -2.35. The number of nitrogens with zero attached hydrogens (tertiary/aromatic N) is 1. The van der Waals surface area contributed by atoms with Crippen molar-refractivity contribution >= 4 is 38.6 Å². The van der Waals surface area contributed by atoms with Crippen molar-refractivity contribution in [3.05, 3.63) is 307 Å². The maximum atomic E-state index is 2.55. The molecular weight excluding hydrogens is 843 g/mol. The van der Waals surface area contributed by atoms with Crippen LogP contribution >= 0.6 is 0 Å². The summed E-state index contributed by atoms with van der Waals surface area (Å²) >= 11 is 0. The number of fused-ring (bicyclic) bond motifs is 6. The summed E-state index contributed by atoms with van der Waals surface area (Å²) in [6, 6.07) is 105. The average molecular weight is 890 g/mol. The molecular formula is C69H47N. The van der Waals surface area contributed by atoms with E-state index in [0.29, 0.717) is 0 Å². The summed E-state index contributed by atoms with van der Waals surface area (Å²) in [7, 11) is 0. The molecule has 0 radical (unpaired) electrons. The molecule has 0 fully saturated rings. The first kappa shape index (κ1) is 41.2. The van der Waals surface area contributed by atoms with Crippen molar-refractivity contribution in [3.8, 4) is 55.6 Å². The smallest absolute Gasteiger partial charge is 0.0714 e. The second-order valence-electron chi connectivity index (χ2n) is 18.3. The summed E-state index contributed by atoms with van der Waals surface area (Å²) in [5.74, 6) is 0. The van der Waals surface area contributed by atoms with Crippen molar-refractivity contribution in [1.82, 2.24) is 0 Å². The molecule has 0 atom stereocenters.